The number of hydrogen-bond acceptors (Lipinski definition) is 3. The van der Waals surface area contributed by atoms with Gasteiger partial charge >= 0.3 is 0 Å². The number of pyridine rings is 1. The smallest absolute Gasteiger partial charge is 0.258 e. The molecule has 0 N–H and O–H groups in total. The quantitative estimate of drug-likeness (QED) is 0.461. The van der Waals surface area contributed by atoms with E-state index in [1.807, 2.05) is 0 Å². The van der Waals surface area contributed by atoms with Crippen molar-refractivity contribution in [1.82, 2.24) is 4.98 Å². The van der Waals surface area contributed by atoms with Crippen molar-refractivity contribution in [2.24, 2.45) is 0 Å². The van der Waals surface area contributed by atoms with Crippen molar-refractivity contribution in [3.05, 3.63) is 32.5 Å². The minimum Gasteiger partial charge on any atom is -0.258 e. The Morgan fingerprint density at radius 3 is 2.92 bits per heavy atom. The highest BCUT2D eigenvalue weighted by atomic mass is 79.9. The highest BCUT2D eigenvalue weighted by Crippen LogP contribution is 2.21. The lowest BCUT2D eigenvalue weighted by atomic mass is 10.3. The molecule has 1 heterocycles. The van der Waals surface area contributed by atoms with Crippen LogP contribution in [0.25, 0.3) is 0 Å². The first-order valence-electron chi connectivity index (χ1n) is 3.00. The summed E-state index contributed by atoms with van der Waals surface area (Å²) >= 11 is 8.53. The van der Waals surface area contributed by atoms with Gasteiger partial charge in [-0.05, 0) is 15.9 Å². The molecule has 0 atom stereocenters. The molecule has 0 radical (unpaired) electrons. The molecular formula is C6H4BrClN2O2. The van der Waals surface area contributed by atoms with Gasteiger partial charge in [0.15, 0.2) is 0 Å². The van der Waals surface area contributed by atoms with Crippen LogP contribution in [0.15, 0.2) is 16.7 Å². The first-order chi connectivity index (χ1) is 5.65. The van der Waals surface area contributed by atoms with Gasteiger partial charge in [-0.25, -0.2) is 0 Å². The van der Waals surface area contributed by atoms with Gasteiger partial charge in [-0.1, -0.05) is 0 Å². The predicted molar refractivity (Wildman–Crippen MR) is 48.1 cm³/mol. The Hall–Kier alpha value is -0.680. The van der Waals surface area contributed by atoms with Crippen LogP contribution in [0.2, 0.25) is 0 Å². The van der Waals surface area contributed by atoms with E-state index in [2.05, 4.69) is 20.9 Å². The fourth-order valence-electron chi connectivity index (χ4n) is 0.718. The molecule has 1 rings (SSSR count). The van der Waals surface area contributed by atoms with Crippen LogP contribution in [-0.4, -0.2) is 9.91 Å². The Labute approximate surface area is 81.8 Å². The molecule has 0 aliphatic heterocycles. The van der Waals surface area contributed by atoms with E-state index in [9.17, 15) is 10.1 Å². The normalized spacial score (nSPS) is 9.83. The Kier molecular flexibility index (Phi) is 2.99. The van der Waals surface area contributed by atoms with E-state index in [-0.39, 0.29) is 17.3 Å². The zero-order valence-electron chi connectivity index (χ0n) is 5.83. The summed E-state index contributed by atoms with van der Waals surface area (Å²) in [5.74, 6) is 0.0452. The van der Waals surface area contributed by atoms with E-state index in [1.54, 1.807) is 0 Å². The van der Waals surface area contributed by atoms with Gasteiger partial charge in [0.2, 0.25) is 0 Å². The van der Waals surface area contributed by atoms with Crippen molar-refractivity contribution in [2.45, 2.75) is 5.88 Å². The third-order valence-corrected chi connectivity index (χ3v) is 1.92. The molecular weight excluding hydrogens is 247 g/mol. The third kappa shape index (κ3) is 1.92. The number of halogens is 2. The molecule has 12 heavy (non-hydrogen) atoms. The Morgan fingerprint density at radius 1 is 1.75 bits per heavy atom. The molecule has 0 bridgehead atoms. The first-order valence-corrected chi connectivity index (χ1v) is 4.32. The second-order valence-electron chi connectivity index (χ2n) is 2.01. The van der Waals surface area contributed by atoms with E-state index >= 15 is 0 Å². The van der Waals surface area contributed by atoms with Crippen molar-refractivity contribution >= 4 is 33.2 Å². The van der Waals surface area contributed by atoms with Crippen LogP contribution in [0, 0.1) is 10.1 Å². The SMILES string of the molecule is O=[N+]([O-])c1cc(Br)cnc1CCl. The van der Waals surface area contributed by atoms with Gasteiger partial charge in [-0.15, -0.1) is 11.6 Å². The number of alkyl halides is 1. The third-order valence-electron chi connectivity index (χ3n) is 1.24. The van der Waals surface area contributed by atoms with E-state index in [1.165, 1.54) is 12.3 Å². The maximum Gasteiger partial charge on any atom is 0.293 e. The lowest BCUT2D eigenvalue weighted by Crippen LogP contribution is -1.95. The molecule has 0 aliphatic rings. The van der Waals surface area contributed by atoms with Gasteiger partial charge < -0.3 is 0 Å². The number of nitro groups is 1. The standard InChI is InChI=1S/C6H4BrClN2O2/c7-4-1-6(10(11)12)5(2-8)9-3-4/h1,3H,2H2. The lowest BCUT2D eigenvalue weighted by molar-refractivity contribution is -0.385. The maximum atomic E-state index is 10.4. The summed E-state index contributed by atoms with van der Waals surface area (Å²) in [6.45, 7) is 0. The average Bonchev–Trinajstić information content (AvgIpc) is 2.04. The second-order valence-corrected chi connectivity index (χ2v) is 3.19. The summed E-state index contributed by atoms with van der Waals surface area (Å²) in [5.41, 5.74) is 0.226. The molecule has 0 amide bonds. The van der Waals surface area contributed by atoms with Crippen LogP contribution in [0.4, 0.5) is 5.69 Å². The molecule has 0 unspecified atom stereocenters. The van der Waals surface area contributed by atoms with Crippen LogP contribution in [0.5, 0.6) is 0 Å². The van der Waals surface area contributed by atoms with Gasteiger partial charge in [0.1, 0.15) is 5.69 Å². The minimum absolute atomic E-state index is 0.0452. The summed E-state index contributed by atoms with van der Waals surface area (Å²) in [5, 5.41) is 10.4. The first kappa shape index (κ1) is 9.41. The van der Waals surface area contributed by atoms with Gasteiger partial charge in [0.05, 0.1) is 10.8 Å². The van der Waals surface area contributed by atoms with E-state index in [4.69, 9.17) is 11.6 Å². The minimum atomic E-state index is -0.504. The number of nitrogens with zero attached hydrogens (tertiary/aromatic N) is 2. The zero-order chi connectivity index (χ0) is 9.14. The summed E-state index contributed by atoms with van der Waals surface area (Å²) in [4.78, 5) is 13.7. The summed E-state index contributed by atoms with van der Waals surface area (Å²) < 4.78 is 0.572. The maximum absolute atomic E-state index is 10.4. The molecule has 0 fully saturated rings. The van der Waals surface area contributed by atoms with E-state index in [0.29, 0.717) is 4.47 Å². The monoisotopic (exact) mass is 250 g/mol. The molecule has 1 aromatic rings. The summed E-state index contributed by atoms with van der Waals surface area (Å²) in [7, 11) is 0. The average molecular weight is 251 g/mol. The van der Waals surface area contributed by atoms with Crippen molar-refractivity contribution in [3.8, 4) is 0 Å². The molecule has 0 saturated carbocycles. The summed E-state index contributed by atoms with van der Waals surface area (Å²) in [6, 6.07) is 1.38. The molecule has 0 saturated heterocycles. The van der Waals surface area contributed by atoms with Crippen molar-refractivity contribution in [3.63, 3.8) is 0 Å². The van der Waals surface area contributed by atoms with Gasteiger partial charge in [-0.2, -0.15) is 0 Å². The fourth-order valence-corrected chi connectivity index (χ4v) is 1.24. The van der Waals surface area contributed by atoms with E-state index in [0.717, 1.165) is 0 Å². The van der Waals surface area contributed by atoms with Crippen LogP contribution in [-0.2, 0) is 5.88 Å². The van der Waals surface area contributed by atoms with Crippen molar-refractivity contribution in [1.29, 1.82) is 0 Å². The molecule has 64 valence electrons. The van der Waals surface area contributed by atoms with Crippen LogP contribution >= 0.6 is 27.5 Å². The Morgan fingerprint density at radius 2 is 2.42 bits per heavy atom. The largest absolute Gasteiger partial charge is 0.293 e. The van der Waals surface area contributed by atoms with Gasteiger partial charge in [0, 0.05) is 16.7 Å². The molecule has 1 aromatic heterocycles. The van der Waals surface area contributed by atoms with Gasteiger partial charge in [0.25, 0.3) is 5.69 Å². The number of rotatable bonds is 2. The van der Waals surface area contributed by atoms with Crippen LogP contribution in [0.3, 0.4) is 0 Å². The van der Waals surface area contributed by atoms with Crippen molar-refractivity contribution in [2.75, 3.05) is 0 Å². The highest BCUT2D eigenvalue weighted by Gasteiger charge is 2.13. The van der Waals surface area contributed by atoms with Crippen LogP contribution in [0.1, 0.15) is 5.69 Å². The molecule has 6 heteroatoms. The molecule has 4 nitrogen and oxygen atoms in total. The molecule has 0 aromatic carbocycles. The molecule has 0 spiro atoms. The van der Waals surface area contributed by atoms with Crippen LogP contribution < -0.4 is 0 Å². The van der Waals surface area contributed by atoms with E-state index < -0.39 is 4.92 Å². The molecule has 0 aliphatic carbocycles. The highest BCUT2D eigenvalue weighted by molar-refractivity contribution is 9.10. The topological polar surface area (TPSA) is 56.0 Å². The summed E-state index contributed by atoms with van der Waals surface area (Å²) in [6.07, 6.45) is 1.48. The number of hydrogen-bond donors (Lipinski definition) is 0. The Bertz CT molecular complexity index is 318. The second kappa shape index (κ2) is 3.82. The van der Waals surface area contributed by atoms with Gasteiger partial charge in [-0.3, -0.25) is 15.1 Å². The fraction of sp³-hybridized carbons (Fsp3) is 0.167. The lowest BCUT2D eigenvalue weighted by Gasteiger charge is -1.97. The predicted octanol–water partition coefficient (Wildman–Crippen LogP) is 2.49. The number of aromatic nitrogens is 1. The Balaban J connectivity index is 3.21. The zero-order valence-corrected chi connectivity index (χ0v) is 8.17. The van der Waals surface area contributed by atoms with Crippen molar-refractivity contribution < 1.29 is 4.92 Å².